The van der Waals surface area contributed by atoms with Crippen molar-refractivity contribution in [1.29, 1.82) is 0 Å². The average Bonchev–Trinajstić information content (AvgIpc) is 3.07. The summed E-state index contributed by atoms with van der Waals surface area (Å²) in [7, 11) is 0. The molecule has 0 radical (unpaired) electrons. The summed E-state index contributed by atoms with van der Waals surface area (Å²) < 4.78 is 11.6. The van der Waals surface area contributed by atoms with E-state index in [0.717, 1.165) is 22.9 Å². The first-order valence-electron chi connectivity index (χ1n) is 10.2. The van der Waals surface area contributed by atoms with Crippen molar-refractivity contribution in [2.24, 2.45) is 0 Å². The maximum atomic E-state index is 12.7. The highest BCUT2D eigenvalue weighted by Crippen LogP contribution is 2.29. The predicted molar refractivity (Wildman–Crippen MR) is 118 cm³/mol. The molecule has 0 aliphatic carbocycles. The zero-order chi connectivity index (χ0) is 22.0. The summed E-state index contributed by atoms with van der Waals surface area (Å²) in [6.45, 7) is 5.16. The Kier molecular flexibility index (Phi) is 6.18. The van der Waals surface area contributed by atoms with Crippen LogP contribution in [0.25, 0.3) is 0 Å². The predicted octanol–water partition coefficient (Wildman–Crippen LogP) is 3.58. The van der Waals surface area contributed by atoms with Crippen LogP contribution in [0.3, 0.4) is 0 Å². The van der Waals surface area contributed by atoms with E-state index in [0.29, 0.717) is 42.6 Å². The Balaban J connectivity index is 1.28. The lowest BCUT2D eigenvalue weighted by Crippen LogP contribution is -2.41. The highest BCUT2D eigenvalue weighted by molar-refractivity contribution is 8.26. The molecule has 0 bridgehead atoms. The molecule has 2 aromatic carbocycles. The van der Waals surface area contributed by atoms with E-state index in [4.69, 9.17) is 9.47 Å². The molecule has 2 aliphatic heterocycles. The summed E-state index contributed by atoms with van der Waals surface area (Å²) in [5.74, 6) is 1.63. The number of rotatable bonds is 7. The van der Waals surface area contributed by atoms with E-state index in [1.165, 1.54) is 0 Å². The molecule has 8 heteroatoms. The molecule has 31 heavy (non-hydrogen) atoms. The molecule has 2 aliphatic rings. The first kappa shape index (κ1) is 21.2. The summed E-state index contributed by atoms with van der Waals surface area (Å²) >= 11 is 0.717. The summed E-state index contributed by atoms with van der Waals surface area (Å²) in [6, 6.07) is 12.6. The second-order valence-corrected chi connectivity index (χ2v) is 8.83. The number of benzene rings is 2. The molecular weight excluding hydrogens is 416 g/mol. The van der Waals surface area contributed by atoms with E-state index in [1.807, 2.05) is 42.5 Å². The van der Waals surface area contributed by atoms with Crippen LogP contribution >= 0.6 is 11.8 Å². The van der Waals surface area contributed by atoms with Crippen molar-refractivity contribution in [2.75, 3.05) is 19.9 Å². The van der Waals surface area contributed by atoms with E-state index in [-0.39, 0.29) is 23.0 Å². The third-order valence-electron chi connectivity index (χ3n) is 5.33. The van der Waals surface area contributed by atoms with Crippen LogP contribution < -0.4 is 14.8 Å². The van der Waals surface area contributed by atoms with E-state index in [1.54, 1.807) is 4.90 Å². The molecule has 1 fully saturated rings. The molecule has 0 spiro atoms. The minimum Gasteiger partial charge on any atom is -0.492 e. The van der Waals surface area contributed by atoms with E-state index in [9.17, 15) is 14.4 Å². The van der Waals surface area contributed by atoms with Crippen LogP contribution in [0.5, 0.6) is 11.5 Å². The molecule has 2 amide bonds. The van der Waals surface area contributed by atoms with Gasteiger partial charge in [-0.2, -0.15) is 0 Å². The smallest absolute Gasteiger partial charge is 0.287 e. The van der Waals surface area contributed by atoms with Gasteiger partial charge in [0.1, 0.15) is 24.1 Å². The van der Waals surface area contributed by atoms with Gasteiger partial charge in [-0.15, -0.1) is 0 Å². The maximum absolute atomic E-state index is 12.7. The van der Waals surface area contributed by atoms with Gasteiger partial charge in [0.2, 0.25) is 5.12 Å². The number of nitrogens with one attached hydrogen (secondary N) is 1. The molecule has 1 saturated heterocycles. The van der Waals surface area contributed by atoms with Crippen molar-refractivity contribution in [3.05, 3.63) is 59.2 Å². The number of nitrogens with zero attached hydrogens (tertiary/aromatic N) is 1. The molecule has 1 N–H and O–H groups in total. The number of thioether (sulfide) groups is 1. The monoisotopic (exact) mass is 440 g/mol. The standard InChI is InChI=1S/C23H24N2O5S/c1-14(2)16-5-8-18-20(12-16)30-13-25(21(18)26)9-10-29-17-6-3-15(4-7-17)11-19-22(27)31-23(28)24-19/h3-8,12,14,19H,9-11,13H2,1-2H3,(H,24,28). The van der Waals surface area contributed by atoms with Gasteiger partial charge < -0.3 is 19.7 Å². The Hall–Kier alpha value is -3.00. The number of amides is 2. The zero-order valence-electron chi connectivity index (χ0n) is 17.4. The van der Waals surface area contributed by atoms with Crippen LogP contribution in [0, 0.1) is 0 Å². The topological polar surface area (TPSA) is 84.9 Å². The van der Waals surface area contributed by atoms with Gasteiger partial charge in [-0.25, -0.2) is 0 Å². The van der Waals surface area contributed by atoms with E-state index < -0.39 is 6.04 Å². The van der Waals surface area contributed by atoms with Crippen LogP contribution in [0.2, 0.25) is 0 Å². The molecule has 4 rings (SSSR count). The first-order chi connectivity index (χ1) is 14.9. The quantitative estimate of drug-likeness (QED) is 0.709. The highest BCUT2D eigenvalue weighted by Gasteiger charge is 2.31. The van der Waals surface area contributed by atoms with Gasteiger partial charge in [-0.3, -0.25) is 14.4 Å². The Morgan fingerprint density at radius 3 is 2.61 bits per heavy atom. The second-order valence-electron chi connectivity index (χ2n) is 7.85. The van der Waals surface area contributed by atoms with Gasteiger partial charge in [0.15, 0.2) is 6.73 Å². The number of hydrogen-bond acceptors (Lipinski definition) is 6. The van der Waals surface area contributed by atoms with Crippen molar-refractivity contribution < 1.29 is 23.9 Å². The second kappa shape index (κ2) is 9.01. The van der Waals surface area contributed by atoms with Crippen molar-refractivity contribution in [3.8, 4) is 11.5 Å². The fourth-order valence-electron chi connectivity index (χ4n) is 3.50. The fourth-order valence-corrected chi connectivity index (χ4v) is 4.16. The third-order valence-corrected chi connectivity index (χ3v) is 6.12. The Morgan fingerprint density at radius 1 is 1.16 bits per heavy atom. The summed E-state index contributed by atoms with van der Waals surface area (Å²) in [5, 5.41) is 2.20. The van der Waals surface area contributed by atoms with Crippen LogP contribution in [0.1, 0.15) is 41.3 Å². The normalized spacial score (nSPS) is 18.1. The Morgan fingerprint density at radius 2 is 1.94 bits per heavy atom. The van der Waals surface area contributed by atoms with Crippen molar-refractivity contribution in [2.45, 2.75) is 32.2 Å². The molecule has 2 aromatic rings. The summed E-state index contributed by atoms with van der Waals surface area (Å²) in [4.78, 5) is 37.3. The molecule has 1 unspecified atom stereocenters. The lowest BCUT2D eigenvalue weighted by Gasteiger charge is -2.29. The zero-order valence-corrected chi connectivity index (χ0v) is 18.2. The number of hydrogen-bond donors (Lipinski definition) is 1. The molecule has 0 saturated carbocycles. The largest absolute Gasteiger partial charge is 0.492 e. The SMILES string of the molecule is CC(C)c1ccc2c(c1)OCN(CCOc1ccc(CC3NC(=O)SC3=O)cc1)C2=O. The first-order valence-corrected chi connectivity index (χ1v) is 11.0. The molecular formula is C23H24N2O5S. The summed E-state index contributed by atoms with van der Waals surface area (Å²) in [6.07, 6.45) is 0.454. The van der Waals surface area contributed by atoms with Crippen molar-refractivity contribution >= 4 is 28.0 Å². The van der Waals surface area contributed by atoms with Gasteiger partial charge >= 0.3 is 0 Å². The third kappa shape index (κ3) is 4.85. The lowest BCUT2D eigenvalue weighted by atomic mass is 10.00. The van der Waals surface area contributed by atoms with Gasteiger partial charge in [0.25, 0.3) is 11.1 Å². The minimum absolute atomic E-state index is 0.0587. The van der Waals surface area contributed by atoms with E-state index >= 15 is 0 Å². The Labute approximate surface area is 185 Å². The fraction of sp³-hybridized carbons (Fsp3) is 0.348. The molecule has 1 atom stereocenters. The van der Waals surface area contributed by atoms with Crippen LogP contribution in [0.4, 0.5) is 4.79 Å². The Bertz CT molecular complexity index is 1010. The number of ether oxygens (including phenoxy) is 2. The van der Waals surface area contributed by atoms with Crippen LogP contribution in [-0.2, 0) is 11.2 Å². The molecule has 0 aromatic heterocycles. The van der Waals surface area contributed by atoms with Gasteiger partial charge in [0, 0.05) is 18.2 Å². The van der Waals surface area contributed by atoms with Crippen LogP contribution in [0.15, 0.2) is 42.5 Å². The minimum atomic E-state index is -0.478. The molecule has 7 nitrogen and oxygen atoms in total. The van der Waals surface area contributed by atoms with Gasteiger partial charge in [-0.05, 0) is 41.3 Å². The average molecular weight is 441 g/mol. The lowest BCUT2D eigenvalue weighted by molar-refractivity contribution is -0.112. The number of carbonyl (C=O) groups is 3. The molecule has 162 valence electrons. The van der Waals surface area contributed by atoms with Crippen molar-refractivity contribution in [3.63, 3.8) is 0 Å². The number of fused-ring (bicyclic) bond motifs is 1. The van der Waals surface area contributed by atoms with E-state index in [2.05, 4.69) is 19.2 Å². The van der Waals surface area contributed by atoms with Crippen LogP contribution in [-0.4, -0.2) is 47.1 Å². The maximum Gasteiger partial charge on any atom is 0.287 e. The van der Waals surface area contributed by atoms with Crippen molar-refractivity contribution in [1.82, 2.24) is 10.2 Å². The number of carbonyl (C=O) groups excluding carboxylic acids is 3. The summed E-state index contributed by atoms with van der Waals surface area (Å²) in [5.41, 5.74) is 2.66. The molecule has 2 heterocycles. The van der Waals surface area contributed by atoms with Gasteiger partial charge in [0.05, 0.1) is 12.1 Å². The van der Waals surface area contributed by atoms with Gasteiger partial charge in [-0.1, -0.05) is 32.0 Å². The highest BCUT2D eigenvalue weighted by atomic mass is 32.2.